The molecule has 2 rings (SSSR count). The number of hydrogen-bond donors (Lipinski definition) is 0. The Hall–Kier alpha value is -1.62. The summed E-state index contributed by atoms with van der Waals surface area (Å²) in [4.78, 5) is 6.74. The van der Waals surface area contributed by atoms with E-state index < -0.39 is 12.0 Å². The molecule has 106 valence electrons. The number of aryl methyl sites for hydroxylation is 1. The van der Waals surface area contributed by atoms with Crippen LogP contribution in [0.5, 0.6) is 0 Å². The highest BCUT2D eigenvalue weighted by Crippen LogP contribution is 2.29. The minimum Gasteiger partial charge on any atom is -0.224 e. The summed E-state index contributed by atoms with van der Waals surface area (Å²) in [6.45, 7) is 2.06. The van der Waals surface area contributed by atoms with Gasteiger partial charge in [-0.15, -0.1) is 0 Å². The molecular weight excluding hydrogens is 289 g/mol. The molecule has 0 spiro atoms. The van der Waals surface area contributed by atoms with Gasteiger partial charge in [0.15, 0.2) is 0 Å². The van der Waals surface area contributed by atoms with Gasteiger partial charge >= 0.3 is 6.18 Å². The summed E-state index contributed by atoms with van der Waals surface area (Å²) in [6.07, 6.45) is -2.67. The summed E-state index contributed by atoms with van der Waals surface area (Å²) in [7, 11) is 0. The zero-order chi connectivity index (χ0) is 14.8. The molecule has 0 aliphatic rings. The number of rotatable bonds is 3. The lowest BCUT2D eigenvalue weighted by Gasteiger charge is -2.08. The van der Waals surface area contributed by atoms with Crippen LogP contribution in [0.15, 0.2) is 30.3 Å². The lowest BCUT2D eigenvalue weighted by Crippen LogP contribution is -2.11. The van der Waals surface area contributed by atoms with E-state index in [1.165, 1.54) is 6.07 Å². The predicted molar refractivity (Wildman–Crippen MR) is 71.5 cm³/mol. The highest BCUT2D eigenvalue weighted by Gasteiger charge is 2.35. The fourth-order valence-electron chi connectivity index (χ4n) is 1.82. The average molecular weight is 301 g/mol. The Bertz CT molecular complexity index is 594. The van der Waals surface area contributed by atoms with Crippen molar-refractivity contribution in [2.75, 3.05) is 0 Å². The Kier molecular flexibility index (Phi) is 4.28. The van der Waals surface area contributed by atoms with Gasteiger partial charge in [-0.2, -0.15) is 13.2 Å². The molecule has 2 aromatic rings. The first-order valence-electron chi connectivity index (χ1n) is 6.11. The maximum absolute atomic E-state index is 12.6. The van der Waals surface area contributed by atoms with Crippen molar-refractivity contribution in [1.82, 2.24) is 9.97 Å². The van der Waals surface area contributed by atoms with E-state index in [4.69, 9.17) is 11.6 Å². The zero-order valence-corrected chi connectivity index (χ0v) is 11.5. The molecule has 0 bridgehead atoms. The molecule has 0 N–H and O–H groups in total. The van der Waals surface area contributed by atoms with Crippen molar-refractivity contribution >= 4 is 11.6 Å². The molecule has 0 fully saturated rings. The second kappa shape index (κ2) is 5.79. The second-order valence-electron chi connectivity index (χ2n) is 4.34. The van der Waals surface area contributed by atoms with Crippen LogP contribution in [0, 0.1) is 0 Å². The van der Waals surface area contributed by atoms with Crippen LogP contribution in [0.1, 0.15) is 24.7 Å². The van der Waals surface area contributed by atoms with Gasteiger partial charge in [0.05, 0.1) is 5.69 Å². The second-order valence-corrected chi connectivity index (χ2v) is 4.73. The van der Waals surface area contributed by atoms with Gasteiger partial charge in [0.25, 0.3) is 0 Å². The third kappa shape index (κ3) is 3.48. The molecular formula is C14H12ClF3N2. The number of alkyl halides is 3. The van der Waals surface area contributed by atoms with Gasteiger partial charge in [-0.05, 0) is 12.0 Å². The van der Waals surface area contributed by atoms with Gasteiger partial charge in [0.2, 0.25) is 5.82 Å². The molecule has 0 aliphatic heterocycles. The molecule has 1 aromatic carbocycles. The maximum Gasteiger partial charge on any atom is 0.451 e. The summed E-state index contributed by atoms with van der Waals surface area (Å²) < 4.78 is 37.9. The minimum atomic E-state index is -4.61. The topological polar surface area (TPSA) is 25.8 Å². The number of aromatic nitrogens is 2. The molecule has 20 heavy (non-hydrogen) atoms. The molecule has 0 radical (unpaired) electrons. The number of hydrogen-bond acceptors (Lipinski definition) is 2. The number of halogens is 4. The van der Waals surface area contributed by atoms with Gasteiger partial charge in [-0.25, -0.2) is 9.97 Å². The summed E-state index contributed by atoms with van der Waals surface area (Å²) in [5.41, 5.74) is 1.88. The minimum absolute atomic E-state index is 0.167. The maximum atomic E-state index is 12.6. The standard InChI is InChI=1S/C14H12ClF3N2/c1-2-3-9-4-6-10(7-5-9)11-8-12(15)20-13(19-11)14(16,17)18/h4-8H,2-3H2,1H3. The first-order valence-corrected chi connectivity index (χ1v) is 6.49. The van der Waals surface area contributed by atoms with Gasteiger partial charge in [0, 0.05) is 11.6 Å². The van der Waals surface area contributed by atoms with Crippen molar-refractivity contribution in [1.29, 1.82) is 0 Å². The predicted octanol–water partition coefficient (Wildman–Crippen LogP) is 4.77. The van der Waals surface area contributed by atoms with Crippen molar-refractivity contribution in [3.63, 3.8) is 0 Å². The van der Waals surface area contributed by atoms with Gasteiger partial charge in [-0.3, -0.25) is 0 Å². The van der Waals surface area contributed by atoms with E-state index in [0.717, 1.165) is 18.4 Å². The van der Waals surface area contributed by atoms with Crippen LogP contribution >= 0.6 is 11.6 Å². The Balaban J connectivity index is 2.39. The zero-order valence-electron chi connectivity index (χ0n) is 10.7. The number of benzene rings is 1. The van der Waals surface area contributed by atoms with Crippen molar-refractivity contribution in [3.05, 3.63) is 46.9 Å². The largest absolute Gasteiger partial charge is 0.451 e. The molecule has 1 aromatic heterocycles. The van der Waals surface area contributed by atoms with E-state index in [0.29, 0.717) is 5.56 Å². The summed E-state index contributed by atoms with van der Waals surface area (Å²) in [6, 6.07) is 8.56. The average Bonchev–Trinajstić information content (AvgIpc) is 2.38. The Labute approximate surface area is 119 Å². The molecule has 0 unspecified atom stereocenters. The highest BCUT2D eigenvalue weighted by atomic mass is 35.5. The molecule has 6 heteroatoms. The molecule has 0 aliphatic carbocycles. The fourth-order valence-corrected chi connectivity index (χ4v) is 2.01. The quantitative estimate of drug-likeness (QED) is 0.763. The van der Waals surface area contributed by atoms with Gasteiger partial charge in [0.1, 0.15) is 5.15 Å². The van der Waals surface area contributed by atoms with Crippen molar-refractivity contribution < 1.29 is 13.2 Å². The van der Waals surface area contributed by atoms with E-state index in [2.05, 4.69) is 16.9 Å². The Morgan fingerprint density at radius 1 is 1.10 bits per heavy atom. The van der Waals surface area contributed by atoms with E-state index in [1.807, 2.05) is 12.1 Å². The van der Waals surface area contributed by atoms with E-state index >= 15 is 0 Å². The van der Waals surface area contributed by atoms with Crippen LogP contribution in [0.4, 0.5) is 13.2 Å². The molecule has 0 saturated carbocycles. The summed E-state index contributed by atoms with van der Waals surface area (Å²) in [5, 5.41) is -0.222. The van der Waals surface area contributed by atoms with E-state index in [-0.39, 0.29) is 10.8 Å². The van der Waals surface area contributed by atoms with Crippen LogP contribution in [-0.2, 0) is 12.6 Å². The van der Waals surface area contributed by atoms with Crippen LogP contribution < -0.4 is 0 Å². The molecule has 0 atom stereocenters. The van der Waals surface area contributed by atoms with E-state index in [1.54, 1.807) is 12.1 Å². The molecule has 0 amide bonds. The lowest BCUT2D eigenvalue weighted by molar-refractivity contribution is -0.144. The third-order valence-corrected chi connectivity index (χ3v) is 2.93. The summed E-state index contributed by atoms with van der Waals surface area (Å²) in [5.74, 6) is -1.22. The molecule has 0 saturated heterocycles. The molecule has 1 heterocycles. The SMILES string of the molecule is CCCc1ccc(-c2cc(Cl)nc(C(F)(F)F)n2)cc1. The van der Waals surface area contributed by atoms with Crippen LogP contribution in [0.25, 0.3) is 11.3 Å². The Morgan fingerprint density at radius 2 is 1.75 bits per heavy atom. The smallest absolute Gasteiger partial charge is 0.224 e. The van der Waals surface area contributed by atoms with Crippen LogP contribution in [0.2, 0.25) is 5.15 Å². The summed E-state index contributed by atoms with van der Waals surface area (Å²) >= 11 is 5.64. The number of nitrogens with zero attached hydrogens (tertiary/aromatic N) is 2. The van der Waals surface area contributed by atoms with Crippen molar-refractivity contribution in [3.8, 4) is 11.3 Å². The highest BCUT2D eigenvalue weighted by molar-refractivity contribution is 6.29. The Morgan fingerprint density at radius 3 is 2.30 bits per heavy atom. The van der Waals surface area contributed by atoms with Crippen molar-refractivity contribution in [2.24, 2.45) is 0 Å². The fraction of sp³-hybridized carbons (Fsp3) is 0.286. The first-order chi connectivity index (χ1) is 9.40. The monoisotopic (exact) mass is 300 g/mol. The third-order valence-electron chi connectivity index (χ3n) is 2.74. The molecule has 2 nitrogen and oxygen atoms in total. The van der Waals surface area contributed by atoms with E-state index in [9.17, 15) is 13.2 Å². The lowest BCUT2D eigenvalue weighted by atomic mass is 10.1. The van der Waals surface area contributed by atoms with Crippen molar-refractivity contribution in [2.45, 2.75) is 25.9 Å². The van der Waals surface area contributed by atoms with Gasteiger partial charge < -0.3 is 0 Å². The van der Waals surface area contributed by atoms with Crippen LogP contribution in [-0.4, -0.2) is 9.97 Å². The van der Waals surface area contributed by atoms with Crippen LogP contribution in [0.3, 0.4) is 0 Å². The normalized spacial score (nSPS) is 11.7. The van der Waals surface area contributed by atoms with Gasteiger partial charge in [-0.1, -0.05) is 49.2 Å². The first kappa shape index (κ1) is 14.8.